The maximum absolute atomic E-state index is 13.1. The molecule has 1 saturated heterocycles. The van der Waals surface area contributed by atoms with Crippen molar-refractivity contribution in [3.8, 4) is 11.5 Å². The Hall–Kier alpha value is -2.86. The van der Waals surface area contributed by atoms with Gasteiger partial charge in [-0.3, -0.25) is 14.5 Å². The van der Waals surface area contributed by atoms with Crippen LogP contribution in [-0.4, -0.2) is 60.9 Å². The van der Waals surface area contributed by atoms with Crippen molar-refractivity contribution in [1.82, 2.24) is 15.1 Å². The van der Waals surface area contributed by atoms with Crippen LogP contribution >= 0.6 is 0 Å². The molecule has 0 bridgehead atoms. The van der Waals surface area contributed by atoms with Crippen LogP contribution in [0.15, 0.2) is 54.6 Å². The number of nitrogens with one attached hydrogen (secondary N) is 1. The van der Waals surface area contributed by atoms with E-state index in [0.29, 0.717) is 49.8 Å². The third kappa shape index (κ3) is 6.06. The molecule has 1 N–H and O–H groups in total. The lowest BCUT2D eigenvalue weighted by molar-refractivity contribution is -0.122. The van der Waals surface area contributed by atoms with Crippen molar-refractivity contribution < 1.29 is 14.3 Å². The van der Waals surface area contributed by atoms with E-state index in [1.807, 2.05) is 53.4 Å². The summed E-state index contributed by atoms with van der Waals surface area (Å²) >= 11 is 0. The van der Waals surface area contributed by atoms with Crippen molar-refractivity contribution >= 4 is 11.8 Å². The average molecular weight is 396 g/mol. The molecular weight excluding hydrogens is 366 g/mol. The lowest BCUT2D eigenvalue weighted by atomic mass is 10.1. The lowest BCUT2D eigenvalue weighted by Crippen LogP contribution is -2.51. The number of hydrogen-bond acceptors (Lipinski definition) is 4. The number of carbonyl (C=O) groups is 2. The summed E-state index contributed by atoms with van der Waals surface area (Å²) in [4.78, 5) is 29.0. The van der Waals surface area contributed by atoms with Crippen LogP contribution in [-0.2, 0) is 4.79 Å². The van der Waals surface area contributed by atoms with Crippen LogP contribution in [0, 0.1) is 0 Å². The molecule has 1 fully saturated rings. The molecule has 0 saturated carbocycles. The van der Waals surface area contributed by atoms with Crippen LogP contribution < -0.4 is 10.1 Å². The van der Waals surface area contributed by atoms with Crippen molar-refractivity contribution in [2.45, 2.75) is 19.8 Å². The maximum atomic E-state index is 13.1. The topological polar surface area (TPSA) is 61.9 Å². The third-order valence-corrected chi connectivity index (χ3v) is 4.97. The molecule has 29 heavy (non-hydrogen) atoms. The Morgan fingerprint density at radius 1 is 0.966 bits per heavy atom. The van der Waals surface area contributed by atoms with Crippen LogP contribution in [0.3, 0.4) is 0 Å². The van der Waals surface area contributed by atoms with E-state index in [-0.39, 0.29) is 11.8 Å². The molecule has 1 heterocycles. The first kappa shape index (κ1) is 20.9. The molecule has 0 aliphatic carbocycles. The minimum atomic E-state index is -0.0384. The van der Waals surface area contributed by atoms with E-state index < -0.39 is 0 Å². The highest BCUT2D eigenvalue weighted by Crippen LogP contribution is 2.26. The summed E-state index contributed by atoms with van der Waals surface area (Å²) in [7, 11) is 0. The SMILES string of the molecule is CCCCNC(=O)CN1CCN(C(=O)c2ccccc2Oc2ccccc2)CC1. The van der Waals surface area contributed by atoms with Crippen LogP contribution in [0.4, 0.5) is 0 Å². The van der Waals surface area contributed by atoms with Gasteiger partial charge in [0.25, 0.3) is 5.91 Å². The highest BCUT2D eigenvalue weighted by atomic mass is 16.5. The summed E-state index contributed by atoms with van der Waals surface area (Å²) in [5.41, 5.74) is 0.558. The monoisotopic (exact) mass is 395 g/mol. The van der Waals surface area contributed by atoms with Crippen molar-refractivity contribution in [3.05, 3.63) is 60.2 Å². The summed E-state index contributed by atoms with van der Waals surface area (Å²) in [6, 6.07) is 16.8. The molecule has 6 nitrogen and oxygen atoms in total. The molecule has 154 valence electrons. The van der Waals surface area contributed by atoms with Crippen molar-refractivity contribution in [2.75, 3.05) is 39.3 Å². The zero-order valence-electron chi connectivity index (χ0n) is 17.0. The van der Waals surface area contributed by atoms with Crippen molar-refractivity contribution in [2.24, 2.45) is 0 Å². The van der Waals surface area contributed by atoms with Crippen molar-refractivity contribution in [1.29, 1.82) is 0 Å². The fourth-order valence-electron chi connectivity index (χ4n) is 3.29. The summed E-state index contributed by atoms with van der Waals surface area (Å²) in [6.07, 6.45) is 2.06. The van der Waals surface area contributed by atoms with Crippen LogP contribution in [0.2, 0.25) is 0 Å². The zero-order chi connectivity index (χ0) is 20.5. The number of amides is 2. The van der Waals surface area contributed by atoms with Gasteiger partial charge in [0, 0.05) is 32.7 Å². The molecule has 6 heteroatoms. The Balaban J connectivity index is 1.55. The highest BCUT2D eigenvalue weighted by molar-refractivity contribution is 5.97. The lowest BCUT2D eigenvalue weighted by Gasteiger charge is -2.34. The van der Waals surface area contributed by atoms with Gasteiger partial charge in [-0.15, -0.1) is 0 Å². The highest BCUT2D eigenvalue weighted by Gasteiger charge is 2.25. The third-order valence-electron chi connectivity index (χ3n) is 4.97. The second-order valence-corrected chi connectivity index (χ2v) is 7.18. The minimum Gasteiger partial charge on any atom is -0.457 e. The van der Waals surface area contributed by atoms with E-state index in [0.717, 1.165) is 19.4 Å². The fraction of sp³-hybridized carbons (Fsp3) is 0.391. The quantitative estimate of drug-likeness (QED) is 0.698. The fourth-order valence-corrected chi connectivity index (χ4v) is 3.29. The van der Waals surface area contributed by atoms with Gasteiger partial charge in [0.1, 0.15) is 11.5 Å². The first-order valence-corrected chi connectivity index (χ1v) is 10.3. The predicted octanol–water partition coefficient (Wildman–Crippen LogP) is 3.15. The van der Waals surface area contributed by atoms with Gasteiger partial charge in [-0.25, -0.2) is 0 Å². The molecular formula is C23H29N3O3. The Kier molecular flexibility index (Phi) is 7.64. The molecule has 0 unspecified atom stereocenters. The summed E-state index contributed by atoms with van der Waals surface area (Å²) in [5.74, 6) is 1.27. The number of para-hydroxylation sites is 2. The number of piperazine rings is 1. The molecule has 0 radical (unpaired) electrons. The molecule has 3 rings (SSSR count). The Morgan fingerprint density at radius 2 is 1.66 bits per heavy atom. The smallest absolute Gasteiger partial charge is 0.257 e. The molecule has 2 aromatic rings. The van der Waals surface area contributed by atoms with Gasteiger partial charge >= 0.3 is 0 Å². The number of unbranched alkanes of at least 4 members (excludes halogenated alkanes) is 1. The van der Waals surface area contributed by atoms with Gasteiger partial charge in [-0.2, -0.15) is 0 Å². The standard InChI is InChI=1S/C23H29N3O3/c1-2-3-13-24-22(27)18-25-14-16-26(17-15-25)23(28)20-11-7-8-12-21(20)29-19-9-5-4-6-10-19/h4-12H,2-3,13-18H2,1H3,(H,24,27). The summed E-state index contributed by atoms with van der Waals surface area (Å²) < 4.78 is 5.93. The number of benzene rings is 2. The Morgan fingerprint density at radius 3 is 2.38 bits per heavy atom. The van der Waals surface area contributed by atoms with Gasteiger partial charge in [0.15, 0.2) is 0 Å². The van der Waals surface area contributed by atoms with E-state index in [9.17, 15) is 9.59 Å². The Labute approximate surface area is 172 Å². The van der Waals surface area contributed by atoms with Gasteiger partial charge in [-0.1, -0.05) is 43.7 Å². The summed E-state index contributed by atoms with van der Waals surface area (Å²) in [5, 5.41) is 2.94. The second kappa shape index (κ2) is 10.6. The minimum absolute atomic E-state index is 0.0384. The van der Waals surface area contributed by atoms with Gasteiger partial charge in [0.2, 0.25) is 5.91 Å². The number of rotatable bonds is 8. The number of carbonyl (C=O) groups excluding carboxylic acids is 2. The summed E-state index contributed by atoms with van der Waals surface area (Å²) in [6.45, 7) is 5.79. The molecule has 1 aliphatic rings. The number of nitrogens with zero attached hydrogens (tertiary/aromatic N) is 2. The van der Waals surface area contributed by atoms with Crippen LogP contribution in [0.25, 0.3) is 0 Å². The van der Waals surface area contributed by atoms with Gasteiger partial charge in [0.05, 0.1) is 12.1 Å². The van der Waals surface area contributed by atoms with E-state index in [1.54, 1.807) is 6.07 Å². The first-order chi connectivity index (χ1) is 14.2. The van der Waals surface area contributed by atoms with E-state index in [4.69, 9.17) is 4.74 Å². The molecule has 0 atom stereocenters. The molecule has 0 aromatic heterocycles. The largest absolute Gasteiger partial charge is 0.457 e. The second-order valence-electron chi connectivity index (χ2n) is 7.18. The van der Waals surface area contributed by atoms with E-state index in [2.05, 4.69) is 17.1 Å². The number of hydrogen-bond donors (Lipinski definition) is 1. The Bertz CT molecular complexity index is 802. The molecule has 0 spiro atoms. The maximum Gasteiger partial charge on any atom is 0.257 e. The van der Waals surface area contributed by atoms with E-state index >= 15 is 0 Å². The zero-order valence-corrected chi connectivity index (χ0v) is 17.0. The molecule has 1 aliphatic heterocycles. The normalized spacial score (nSPS) is 14.4. The average Bonchev–Trinajstić information content (AvgIpc) is 2.75. The van der Waals surface area contributed by atoms with Crippen molar-refractivity contribution in [3.63, 3.8) is 0 Å². The van der Waals surface area contributed by atoms with Gasteiger partial charge < -0.3 is 15.0 Å². The predicted molar refractivity (Wildman–Crippen MR) is 113 cm³/mol. The van der Waals surface area contributed by atoms with E-state index in [1.165, 1.54) is 0 Å². The van der Waals surface area contributed by atoms with Crippen LogP contribution in [0.5, 0.6) is 11.5 Å². The van der Waals surface area contributed by atoms with Gasteiger partial charge in [-0.05, 0) is 30.7 Å². The molecule has 2 aromatic carbocycles. The van der Waals surface area contributed by atoms with Crippen LogP contribution in [0.1, 0.15) is 30.1 Å². The number of ether oxygens (including phenoxy) is 1. The first-order valence-electron chi connectivity index (χ1n) is 10.3. The molecule has 2 amide bonds.